The summed E-state index contributed by atoms with van der Waals surface area (Å²) in [5.41, 5.74) is 1.51. The fraction of sp³-hybridized carbons (Fsp3) is 0.0909. The van der Waals surface area contributed by atoms with Gasteiger partial charge >= 0.3 is 0 Å². The van der Waals surface area contributed by atoms with Crippen molar-refractivity contribution >= 4 is 0 Å². The maximum atomic E-state index is 8.82. The lowest BCUT2D eigenvalue weighted by molar-refractivity contribution is 0.279. The monoisotopic (exact) mass is 197 g/mol. The molecule has 0 atom stereocenters. The van der Waals surface area contributed by atoms with Gasteiger partial charge in [0.15, 0.2) is 5.82 Å². The first-order chi connectivity index (χ1) is 7.38. The molecular formula is C11H7N3O. The van der Waals surface area contributed by atoms with E-state index in [0.717, 1.165) is 17.3 Å². The largest absolute Gasteiger partial charge is 0.483 e. The fourth-order valence-corrected chi connectivity index (χ4v) is 1.70. The number of rotatable bonds is 0. The number of hydrogen-bond acceptors (Lipinski definition) is 3. The molecule has 1 aliphatic rings. The van der Waals surface area contributed by atoms with E-state index in [0.29, 0.717) is 12.2 Å². The standard InChI is InChI=1S/C11H7N3O/c12-6-8-1-2-10-9(5-8)14-4-3-13-11(14)7-15-10/h1-5H,7H2. The molecule has 0 fully saturated rings. The van der Waals surface area contributed by atoms with E-state index in [9.17, 15) is 0 Å². The second kappa shape index (κ2) is 2.85. The molecule has 3 rings (SSSR count). The zero-order chi connectivity index (χ0) is 10.3. The van der Waals surface area contributed by atoms with Gasteiger partial charge in [-0.05, 0) is 18.2 Å². The zero-order valence-corrected chi connectivity index (χ0v) is 7.84. The molecule has 0 N–H and O–H groups in total. The summed E-state index contributed by atoms with van der Waals surface area (Å²) in [5, 5.41) is 8.82. The van der Waals surface area contributed by atoms with Gasteiger partial charge in [0.1, 0.15) is 12.4 Å². The Balaban J connectivity index is 2.27. The van der Waals surface area contributed by atoms with Gasteiger partial charge in [-0.1, -0.05) is 0 Å². The lowest BCUT2D eigenvalue weighted by Gasteiger charge is -2.19. The summed E-state index contributed by atoms with van der Waals surface area (Å²) in [5.74, 6) is 1.65. The molecule has 0 unspecified atom stereocenters. The highest BCUT2D eigenvalue weighted by Crippen LogP contribution is 2.29. The van der Waals surface area contributed by atoms with Crippen LogP contribution in [0, 0.1) is 11.3 Å². The van der Waals surface area contributed by atoms with Crippen molar-refractivity contribution in [3.05, 3.63) is 42.0 Å². The molecule has 72 valence electrons. The molecule has 1 aromatic heterocycles. The highest BCUT2D eigenvalue weighted by Gasteiger charge is 2.16. The average molecular weight is 197 g/mol. The Morgan fingerprint density at radius 3 is 3.27 bits per heavy atom. The Bertz CT molecular complexity index is 565. The van der Waals surface area contributed by atoms with Gasteiger partial charge in [0, 0.05) is 12.4 Å². The summed E-state index contributed by atoms with van der Waals surface area (Å²) in [7, 11) is 0. The Kier molecular flexibility index (Phi) is 1.53. The van der Waals surface area contributed by atoms with E-state index in [1.165, 1.54) is 0 Å². The quantitative estimate of drug-likeness (QED) is 0.645. The van der Waals surface area contributed by atoms with E-state index < -0.39 is 0 Å². The third kappa shape index (κ3) is 1.10. The summed E-state index contributed by atoms with van der Waals surface area (Å²) in [6.45, 7) is 0.478. The lowest BCUT2D eigenvalue weighted by atomic mass is 10.2. The number of ether oxygens (including phenoxy) is 1. The SMILES string of the molecule is N#Cc1ccc2c(c1)-n1ccnc1CO2. The van der Waals surface area contributed by atoms with Crippen molar-refractivity contribution < 1.29 is 4.74 Å². The van der Waals surface area contributed by atoms with Gasteiger partial charge in [-0.2, -0.15) is 5.26 Å². The molecule has 1 aliphatic heterocycles. The number of hydrogen-bond donors (Lipinski definition) is 0. The first-order valence-electron chi connectivity index (χ1n) is 4.58. The van der Waals surface area contributed by atoms with Gasteiger partial charge in [-0.15, -0.1) is 0 Å². The van der Waals surface area contributed by atoms with Crippen LogP contribution >= 0.6 is 0 Å². The third-order valence-electron chi connectivity index (χ3n) is 2.42. The number of nitrogens with zero attached hydrogens (tertiary/aromatic N) is 3. The topological polar surface area (TPSA) is 50.8 Å². The van der Waals surface area contributed by atoms with Gasteiger partial charge in [-0.25, -0.2) is 4.98 Å². The molecule has 0 bridgehead atoms. The van der Waals surface area contributed by atoms with E-state index in [1.807, 2.05) is 16.8 Å². The molecule has 4 heteroatoms. The molecule has 2 heterocycles. The van der Waals surface area contributed by atoms with Gasteiger partial charge in [0.05, 0.1) is 17.3 Å². The van der Waals surface area contributed by atoms with Crippen molar-refractivity contribution in [2.75, 3.05) is 0 Å². The summed E-state index contributed by atoms with van der Waals surface area (Å²) >= 11 is 0. The first-order valence-corrected chi connectivity index (χ1v) is 4.58. The van der Waals surface area contributed by atoms with Crippen molar-refractivity contribution in [3.8, 4) is 17.5 Å². The summed E-state index contributed by atoms with van der Waals surface area (Å²) in [4.78, 5) is 4.17. The van der Waals surface area contributed by atoms with Crippen molar-refractivity contribution in [1.29, 1.82) is 5.26 Å². The summed E-state index contributed by atoms with van der Waals surface area (Å²) in [6.07, 6.45) is 3.60. The zero-order valence-electron chi connectivity index (χ0n) is 7.84. The Labute approximate surface area is 86.4 Å². The van der Waals surface area contributed by atoms with Crippen LogP contribution in [0.5, 0.6) is 5.75 Å². The normalized spacial score (nSPS) is 12.2. The third-order valence-corrected chi connectivity index (χ3v) is 2.42. The molecule has 1 aromatic carbocycles. The predicted octanol–water partition coefficient (Wildman–Crippen LogP) is 1.64. The summed E-state index contributed by atoms with van der Waals surface area (Å²) < 4.78 is 7.46. The highest BCUT2D eigenvalue weighted by atomic mass is 16.5. The number of imidazole rings is 1. The number of aromatic nitrogens is 2. The van der Waals surface area contributed by atoms with Crippen molar-refractivity contribution in [1.82, 2.24) is 9.55 Å². The minimum atomic E-state index is 0.478. The average Bonchev–Trinajstić information content (AvgIpc) is 2.76. The lowest BCUT2D eigenvalue weighted by Crippen LogP contribution is -2.12. The van der Waals surface area contributed by atoms with Crippen LogP contribution in [0.25, 0.3) is 5.69 Å². The molecule has 0 saturated heterocycles. The number of benzene rings is 1. The van der Waals surface area contributed by atoms with Gasteiger partial charge < -0.3 is 4.74 Å². The van der Waals surface area contributed by atoms with Crippen molar-refractivity contribution in [3.63, 3.8) is 0 Å². The molecule has 0 saturated carbocycles. The van der Waals surface area contributed by atoms with Crippen LogP contribution < -0.4 is 4.74 Å². The molecule has 4 nitrogen and oxygen atoms in total. The van der Waals surface area contributed by atoms with Crippen LogP contribution in [-0.2, 0) is 6.61 Å². The van der Waals surface area contributed by atoms with E-state index in [1.54, 1.807) is 18.3 Å². The molecule has 0 amide bonds. The maximum Gasteiger partial charge on any atom is 0.151 e. The smallest absolute Gasteiger partial charge is 0.151 e. The van der Waals surface area contributed by atoms with Crippen LogP contribution in [0.4, 0.5) is 0 Å². The minimum Gasteiger partial charge on any atom is -0.483 e. The van der Waals surface area contributed by atoms with E-state index in [4.69, 9.17) is 10.00 Å². The van der Waals surface area contributed by atoms with Crippen LogP contribution in [0.1, 0.15) is 11.4 Å². The van der Waals surface area contributed by atoms with Gasteiger partial charge in [-0.3, -0.25) is 4.57 Å². The molecule has 2 aromatic rings. The maximum absolute atomic E-state index is 8.82. The second-order valence-electron chi connectivity index (χ2n) is 3.30. The van der Waals surface area contributed by atoms with E-state index >= 15 is 0 Å². The second-order valence-corrected chi connectivity index (χ2v) is 3.30. The Morgan fingerprint density at radius 2 is 2.40 bits per heavy atom. The number of fused-ring (bicyclic) bond motifs is 3. The molecule has 0 radical (unpaired) electrons. The molecule has 15 heavy (non-hydrogen) atoms. The van der Waals surface area contributed by atoms with Crippen LogP contribution in [0.15, 0.2) is 30.6 Å². The van der Waals surface area contributed by atoms with Crippen LogP contribution in [-0.4, -0.2) is 9.55 Å². The summed E-state index contributed by atoms with van der Waals surface area (Å²) in [6, 6.07) is 7.48. The number of nitriles is 1. The Hall–Kier alpha value is -2.28. The van der Waals surface area contributed by atoms with Crippen molar-refractivity contribution in [2.45, 2.75) is 6.61 Å². The van der Waals surface area contributed by atoms with Crippen LogP contribution in [0.2, 0.25) is 0 Å². The molecule has 0 spiro atoms. The predicted molar refractivity (Wildman–Crippen MR) is 52.6 cm³/mol. The Morgan fingerprint density at radius 1 is 1.47 bits per heavy atom. The molecular weight excluding hydrogens is 190 g/mol. The van der Waals surface area contributed by atoms with Gasteiger partial charge in [0.2, 0.25) is 0 Å². The minimum absolute atomic E-state index is 0.478. The highest BCUT2D eigenvalue weighted by molar-refractivity contribution is 5.53. The van der Waals surface area contributed by atoms with Crippen molar-refractivity contribution in [2.24, 2.45) is 0 Å². The van der Waals surface area contributed by atoms with Gasteiger partial charge in [0.25, 0.3) is 0 Å². The van der Waals surface area contributed by atoms with Crippen LogP contribution in [0.3, 0.4) is 0 Å². The van der Waals surface area contributed by atoms with E-state index in [2.05, 4.69) is 11.1 Å². The van der Waals surface area contributed by atoms with E-state index in [-0.39, 0.29) is 0 Å². The fourth-order valence-electron chi connectivity index (χ4n) is 1.70. The first kappa shape index (κ1) is 8.06. The molecule has 0 aliphatic carbocycles.